The Balaban J connectivity index is 1.35. The quantitative estimate of drug-likeness (QED) is 0.823. The Morgan fingerprint density at radius 3 is 2.64 bits per heavy atom. The monoisotopic (exact) mass is 341 g/mol. The van der Waals surface area contributed by atoms with Crippen LogP contribution in [0.15, 0.2) is 24.5 Å². The largest absolute Gasteiger partial charge is 0.338 e. The average Bonchev–Trinajstić information content (AvgIpc) is 3.01. The highest BCUT2D eigenvalue weighted by Crippen LogP contribution is 2.32. The molecule has 4 heteroatoms. The summed E-state index contributed by atoms with van der Waals surface area (Å²) >= 11 is 0. The Bertz CT molecular complexity index is 570. The summed E-state index contributed by atoms with van der Waals surface area (Å²) in [6, 6.07) is 4.64. The highest BCUT2D eigenvalue weighted by Gasteiger charge is 2.37. The minimum atomic E-state index is 0.423. The summed E-state index contributed by atoms with van der Waals surface area (Å²) in [5.74, 6) is 1.89. The van der Waals surface area contributed by atoms with Gasteiger partial charge in [-0.2, -0.15) is 0 Å². The first kappa shape index (κ1) is 17.0. The van der Waals surface area contributed by atoms with Crippen LogP contribution in [-0.2, 0) is 11.3 Å². The second-order valence-corrected chi connectivity index (χ2v) is 8.38. The molecule has 136 valence electrons. The van der Waals surface area contributed by atoms with Crippen molar-refractivity contribution in [2.24, 2.45) is 11.8 Å². The van der Waals surface area contributed by atoms with Crippen LogP contribution < -0.4 is 0 Å². The number of carbonyl (C=O) groups is 1. The number of amides is 1. The molecule has 0 aromatic carbocycles. The third-order valence-corrected chi connectivity index (χ3v) is 6.51. The zero-order chi connectivity index (χ0) is 17.1. The van der Waals surface area contributed by atoms with Gasteiger partial charge < -0.3 is 4.90 Å². The Morgan fingerprint density at radius 1 is 1.04 bits per heavy atom. The van der Waals surface area contributed by atoms with Crippen molar-refractivity contribution in [1.29, 1.82) is 0 Å². The minimum absolute atomic E-state index is 0.423. The fourth-order valence-corrected chi connectivity index (χ4v) is 5.13. The van der Waals surface area contributed by atoms with E-state index in [4.69, 9.17) is 0 Å². The molecule has 0 radical (unpaired) electrons. The molecule has 1 amide bonds. The number of carbonyl (C=O) groups excluding carboxylic acids is 1. The number of piperidine rings is 1. The van der Waals surface area contributed by atoms with Gasteiger partial charge in [-0.05, 0) is 48.8 Å². The minimum Gasteiger partial charge on any atom is -0.338 e. The van der Waals surface area contributed by atoms with E-state index in [-0.39, 0.29) is 0 Å². The van der Waals surface area contributed by atoms with Crippen LogP contribution in [0.25, 0.3) is 0 Å². The topological polar surface area (TPSA) is 36.4 Å². The number of nitrogens with zero attached hydrogens (tertiary/aromatic N) is 3. The van der Waals surface area contributed by atoms with Gasteiger partial charge in [0.1, 0.15) is 0 Å². The molecule has 4 nitrogen and oxygen atoms in total. The third-order valence-electron chi connectivity index (χ3n) is 6.51. The molecule has 0 N–H and O–H groups in total. The molecule has 0 spiro atoms. The summed E-state index contributed by atoms with van der Waals surface area (Å²) < 4.78 is 0. The number of hydrogen-bond acceptors (Lipinski definition) is 3. The Morgan fingerprint density at radius 2 is 1.84 bits per heavy atom. The van der Waals surface area contributed by atoms with Gasteiger partial charge in [-0.15, -0.1) is 0 Å². The predicted molar refractivity (Wildman–Crippen MR) is 98.9 cm³/mol. The van der Waals surface area contributed by atoms with E-state index >= 15 is 0 Å². The molecular weight excluding hydrogens is 310 g/mol. The van der Waals surface area contributed by atoms with E-state index in [1.165, 1.54) is 44.1 Å². The fraction of sp³-hybridized carbons (Fsp3) is 0.714. The fourth-order valence-electron chi connectivity index (χ4n) is 5.13. The van der Waals surface area contributed by atoms with Gasteiger partial charge in [0.15, 0.2) is 0 Å². The molecule has 1 aromatic rings. The van der Waals surface area contributed by atoms with Crippen molar-refractivity contribution in [3.8, 4) is 0 Å². The van der Waals surface area contributed by atoms with Crippen molar-refractivity contribution < 1.29 is 4.79 Å². The van der Waals surface area contributed by atoms with Crippen molar-refractivity contribution >= 4 is 5.91 Å². The molecule has 4 fully saturated rings. The summed E-state index contributed by atoms with van der Waals surface area (Å²) in [5, 5.41) is 0. The molecule has 3 aliphatic heterocycles. The lowest BCUT2D eigenvalue weighted by atomic mass is 9.94. The maximum Gasteiger partial charge on any atom is 0.222 e. The summed E-state index contributed by atoms with van der Waals surface area (Å²) in [6.45, 7) is 4.14. The number of fused-ring (bicyclic) bond motifs is 4. The van der Waals surface area contributed by atoms with Crippen molar-refractivity contribution in [3.05, 3.63) is 30.1 Å². The van der Waals surface area contributed by atoms with E-state index in [9.17, 15) is 4.79 Å². The van der Waals surface area contributed by atoms with E-state index in [0.29, 0.717) is 17.9 Å². The molecule has 4 aliphatic rings. The van der Waals surface area contributed by atoms with Gasteiger partial charge in [0.2, 0.25) is 5.91 Å². The zero-order valence-corrected chi connectivity index (χ0v) is 15.3. The van der Waals surface area contributed by atoms with Gasteiger partial charge in [0.05, 0.1) is 0 Å². The normalized spacial score (nSPS) is 27.6. The molecule has 3 saturated heterocycles. The number of aromatic nitrogens is 1. The van der Waals surface area contributed by atoms with E-state index in [2.05, 4.69) is 26.9 Å². The molecule has 5 rings (SSSR count). The van der Waals surface area contributed by atoms with Crippen LogP contribution >= 0.6 is 0 Å². The second-order valence-electron chi connectivity index (χ2n) is 8.38. The Kier molecular flexibility index (Phi) is 5.35. The van der Waals surface area contributed by atoms with Gasteiger partial charge in [0, 0.05) is 51.0 Å². The van der Waals surface area contributed by atoms with Gasteiger partial charge in [-0.1, -0.05) is 25.7 Å². The second kappa shape index (κ2) is 7.86. The molecule has 1 aromatic heterocycles. The standard InChI is InChI=1S/C21H31N3O/c25-21(8-6-17-3-1-2-4-17)24-15-19-5-7-20(24)16-23(14-19)13-18-9-11-22-12-10-18/h9-12,17,19-20H,1-8,13-16H2/t19-,20+/m0/s1. The molecule has 1 saturated carbocycles. The van der Waals surface area contributed by atoms with Crippen LogP contribution in [0.3, 0.4) is 0 Å². The Labute approximate surface area is 151 Å². The van der Waals surface area contributed by atoms with Crippen molar-refractivity contribution in [1.82, 2.24) is 14.8 Å². The van der Waals surface area contributed by atoms with Crippen LogP contribution in [0, 0.1) is 11.8 Å². The Hall–Kier alpha value is -1.42. The number of rotatable bonds is 5. The predicted octanol–water partition coefficient (Wildman–Crippen LogP) is 3.47. The van der Waals surface area contributed by atoms with Crippen molar-refractivity contribution in [2.75, 3.05) is 19.6 Å². The average molecular weight is 341 g/mol. The summed E-state index contributed by atoms with van der Waals surface area (Å²) in [7, 11) is 0. The molecule has 2 bridgehead atoms. The van der Waals surface area contributed by atoms with Gasteiger partial charge in [-0.25, -0.2) is 0 Å². The van der Waals surface area contributed by atoms with Crippen LogP contribution in [0.2, 0.25) is 0 Å². The van der Waals surface area contributed by atoms with Crippen LogP contribution in [0.1, 0.15) is 56.9 Å². The van der Waals surface area contributed by atoms with E-state index in [1.54, 1.807) is 0 Å². The first-order chi connectivity index (χ1) is 12.3. The van der Waals surface area contributed by atoms with E-state index in [0.717, 1.165) is 44.9 Å². The van der Waals surface area contributed by atoms with Gasteiger partial charge >= 0.3 is 0 Å². The van der Waals surface area contributed by atoms with E-state index in [1.807, 2.05) is 12.4 Å². The molecule has 0 unspecified atom stereocenters. The smallest absolute Gasteiger partial charge is 0.222 e. The molecular formula is C21H31N3O. The SMILES string of the molecule is O=C(CCC1CCCC1)N1C[C@H]2CC[C@@H]1CN(Cc1ccncc1)C2. The maximum atomic E-state index is 12.9. The van der Waals surface area contributed by atoms with Gasteiger partial charge in [-0.3, -0.25) is 14.7 Å². The summed E-state index contributed by atoms with van der Waals surface area (Å²) in [6.07, 6.45) is 13.6. The van der Waals surface area contributed by atoms with Crippen molar-refractivity contribution in [2.45, 2.75) is 64.0 Å². The van der Waals surface area contributed by atoms with Crippen LogP contribution in [0.4, 0.5) is 0 Å². The van der Waals surface area contributed by atoms with Crippen LogP contribution in [0.5, 0.6) is 0 Å². The maximum absolute atomic E-state index is 12.9. The van der Waals surface area contributed by atoms with E-state index < -0.39 is 0 Å². The molecule has 4 heterocycles. The first-order valence-electron chi connectivity index (χ1n) is 10.2. The van der Waals surface area contributed by atoms with Crippen molar-refractivity contribution in [3.63, 3.8) is 0 Å². The molecule has 2 atom stereocenters. The number of pyridine rings is 1. The van der Waals surface area contributed by atoms with Gasteiger partial charge in [0.25, 0.3) is 0 Å². The highest BCUT2D eigenvalue weighted by atomic mass is 16.2. The number of hydrogen-bond donors (Lipinski definition) is 0. The summed E-state index contributed by atoms with van der Waals surface area (Å²) in [5.41, 5.74) is 1.33. The zero-order valence-electron chi connectivity index (χ0n) is 15.3. The lowest BCUT2D eigenvalue weighted by molar-refractivity contribution is -0.135. The molecule has 1 aliphatic carbocycles. The highest BCUT2D eigenvalue weighted by molar-refractivity contribution is 5.76. The lowest BCUT2D eigenvalue weighted by Gasteiger charge is -2.36. The first-order valence-corrected chi connectivity index (χ1v) is 10.2. The molecule has 25 heavy (non-hydrogen) atoms. The van der Waals surface area contributed by atoms with Crippen LogP contribution in [-0.4, -0.2) is 46.4 Å². The summed E-state index contributed by atoms with van der Waals surface area (Å²) in [4.78, 5) is 21.8. The lowest BCUT2D eigenvalue weighted by Crippen LogP contribution is -2.47. The third kappa shape index (κ3) is 4.22.